The Morgan fingerprint density at radius 2 is 1.90 bits per heavy atom. The van der Waals surface area contributed by atoms with Crippen LogP contribution in [-0.2, 0) is 21.4 Å². The predicted octanol–water partition coefficient (Wildman–Crippen LogP) is 1.83. The fourth-order valence-electron chi connectivity index (χ4n) is 5.44. The molecule has 2 atom stereocenters. The summed E-state index contributed by atoms with van der Waals surface area (Å²) in [6, 6.07) is 5.16. The van der Waals surface area contributed by atoms with Crippen molar-refractivity contribution >= 4 is 52.8 Å². The third-order valence-corrected chi connectivity index (χ3v) is 8.28. The van der Waals surface area contributed by atoms with Gasteiger partial charge in [0.15, 0.2) is 5.96 Å². The van der Waals surface area contributed by atoms with E-state index >= 15 is 0 Å². The predicted molar refractivity (Wildman–Crippen MR) is 153 cm³/mol. The van der Waals surface area contributed by atoms with Gasteiger partial charge in [0.25, 0.3) is 0 Å². The molecule has 2 amide bonds. The Morgan fingerprint density at radius 1 is 1.18 bits per heavy atom. The Balaban J connectivity index is 1.43. The Kier molecular flexibility index (Phi) is 9.41. The van der Waals surface area contributed by atoms with Crippen LogP contribution in [0.25, 0.3) is 11.3 Å². The van der Waals surface area contributed by atoms with E-state index in [1.54, 1.807) is 29.9 Å². The van der Waals surface area contributed by atoms with Crippen molar-refractivity contribution in [1.82, 2.24) is 20.0 Å². The number of nitrogens with zero attached hydrogens (tertiary/aromatic N) is 5. The normalized spacial score (nSPS) is 18.7. The second-order valence-electron chi connectivity index (χ2n) is 10.1. The molecule has 1 aliphatic carbocycles. The van der Waals surface area contributed by atoms with Gasteiger partial charge < -0.3 is 31.7 Å². The minimum Gasteiger partial charge on any atom is -0.480 e. The number of aliphatic carboxylic acids is 1. The highest BCUT2D eigenvalue weighted by Gasteiger charge is 2.37. The number of nitrogens with one attached hydrogen (secondary N) is 1. The molecule has 1 unspecified atom stereocenters. The lowest BCUT2D eigenvalue weighted by Gasteiger charge is -2.40. The van der Waals surface area contributed by atoms with Crippen LogP contribution in [0, 0.1) is 5.92 Å². The SMILES string of the molecule is Cn1nc(-c2cccc(Cl)c2Cl)cc1N1CCN(C(=O)CNC(=O)[C@H](N=C(N)N)C2CCCCC2)C(C(=O)O)C1. The molecule has 40 heavy (non-hydrogen) atoms. The molecule has 0 spiro atoms. The van der Waals surface area contributed by atoms with Crippen LogP contribution in [0.15, 0.2) is 29.3 Å². The number of hydrogen-bond acceptors (Lipinski definition) is 6. The number of rotatable bonds is 8. The number of nitrogens with two attached hydrogens (primary N) is 2. The lowest BCUT2D eigenvalue weighted by Crippen LogP contribution is -2.60. The summed E-state index contributed by atoms with van der Waals surface area (Å²) < 4.78 is 1.64. The number of benzene rings is 1. The highest BCUT2D eigenvalue weighted by atomic mass is 35.5. The monoisotopic (exact) mass is 592 g/mol. The molecule has 216 valence electrons. The summed E-state index contributed by atoms with van der Waals surface area (Å²) in [6.45, 7) is 0.194. The largest absolute Gasteiger partial charge is 0.480 e. The number of hydrogen-bond donors (Lipinski definition) is 4. The first kappa shape index (κ1) is 29.5. The van der Waals surface area contributed by atoms with Crippen molar-refractivity contribution in [1.29, 1.82) is 0 Å². The number of carboxylic acids is 1. The highest BCUT2D eigenvalue weighted by molar-refractivity contribution is 6.43. The van der Waals surface area contributed by atoms with Crippen LogP contribution in [0.5, 0.6) is 0 Å². The van der Waals surface area contributed by atoms with Gasteiger partial charge in [-0.15, -0.1) is 0 Å². The Labute approximate surface area is 242 Å². The number of anilines is 1. The van der Waals surface area contributed by atoms with E-state index in [0.29, 0.717) is 33.7 Å². The molecule has 1 saturated carbocycles. The minimum atomic E-state index is -1.15. The molecule has 14 heteroatoms. The second-order valence-corrected chi connectivity index (χ2v) is 10.9. The van der Waals surface area contributed by atoms with Gasteiger partial charge in [-0.05, 0) is 24.8 Å². The summed E-state index contributed by atoms with van der Waals surface area (Å²) in [5.74, 6) is -1.61. The number of carbonyl (C=O) groups is 3. The summed E-state index contributed by atoms with van der Waals surface area (Å²) in [7, 11) is 1.75. The van der Waals surface area contributed by atoms with Crippen molar-refractivity contribution in [2.75, 3.05) is 31.1 Å². The fraction of sp³-hybridized carbons (Fsp3) is 0.500. The van der Waals surface area contributed by atoms with Crippen molar-refractivity contribution < 1.29 is 19.5 Å². The quantitative estimate of drug-likeness (QED) is 0.265. The summed E-state index contributed by atoms with van der Waals surface area (Å²) >= 11 is 12.5. The van der Waals surface area contributed by atoms with Crippen LogP contribution >= 0.6 is 23.2 Å². The van der Waals surface area contributed by atoms with Gasteiger partial charge in [0, 0.05) is 31.8 Å². The lowest BCUT2D eigenvalue weighted by atomic mass is 9.83. The molecule has 2 aromatic rings. The van der Waals surface area contributed by atoms with Crippen LogP contribution in [0.4, 0.5) is 5.82 Å². The topological polar surface area (TPSA) is 172 Å². The molecule has 2 aliphatic rings. The number of piperazine rings is 1. The third-order valence-electron chi connectivity index (χ3n) is 7.46. The van der Waals surface area contributed by atoms with E-state index in [4.69, 9.17) is 34.7 Å². The van der Waals surface area contributed by atoms with E-state index < -0.39 is 29.9 Å². The Bertz CT molecular complexity index is 1290. The molecule has 0 radical (unpaired) electrons. The second kappa shape index (κ2) is 12.8. The minimum absolute atomic E-state index is 0.00755. The summed E-state index contributed by atoms with van der Waals surface area (Å²) in [6.07, 6.45) is 4.73. The first-order chi connectivity index (χ1) is 19.1. The van der Waals surface area contributed by atoms with Gasteiger partial charge in [0.2, 0.25) is 11.8 Å². The maximum atomic E-state index is 13.1. The zero-order valence-electron chi connectivity index (χ0n) is 22.2. The van der Waals surface area contributed by atoms with Gasteiger partial charge in [-0.3, -0.25) is 14.3 Å². The van der Waals surface area contributed by atoms with Gasteiger partial charge >= 0.3 is 5.97 Å². The molecule has 1 aromatic carbocycles. The molecular weight excluding hydrogens is 559 g/mol. The molecule has 4 rings (SSSR count). The van der Waals surface area contributed by atoms with Crippen LogP contribution in [-0.4, -0.2) is 81.8 Å². The van der Waals surface area contributed by atoms with E-state index in [-0.39, 0.29) is 31.5 Å². The molecule has 1 aromatic heterocycles. The smallest absolute Gasteiger partial charge is 0.328 e. The molecule has 12 nitrogen and oxygen atoms in total. The number of amides is 2. The van der Waals surface area contributed by atoms with Crippen LogP contribution in [0.3, 0.4) is 0 Å². The van der Waals surface area contributed by atoms with Crippen LogP contribution in [0.2, 0.25) is 10.0 Å². The standard InChI is InChI=1S/C26H34Cl2N8O4/c1-34-20(12-18(33-34)16-8-5-9-17(27)22(16)28)35-10-11-36(19(14-35)25(39)40)21(37)13-31-24(38)23(32-26(29)30)15-6-3-2-4-7-15/h5,8-9,12,15,19,23H,2-4,6-7,10-11,13-14H2,1H3,(H,31,38)(H,39,40)(H4,29,30,32)/t19?,23-/m1/s1. The van der Waals surface area contributed by atoms with E-state index in [1.807, 2.05) is 11.0 Å². The summed E-state index contributed by atoms with van der Waals surface area (Å²) in [5.41, 5.74) is 12.4. The summed E-state index contributed by atoms with van der Waals surface area (Å²) in [5, 5.41) is 17.9. The van der Waals surface area contributed by atoms with Gasteiger partial charge in [-0.25, -0.2) is 9.79 Å². The number of carboxylic acid groups (broad SMARTS) is 1. The molecule has 0 bridgehead atoms. The van der Waals surface area contributed by atoms with Crippen molar-refractivity contribution in [2.24, 2.45) is 29.4 Å². The molecular formula is C26H34Cl2N8O4. The number of aryl methyl sites for hydroxylation is 1. The van der Waals surface area contributed by atoms with Crippen molar-refractivity contribution in [3.05, 3.63) is 34.3 Å². The first-order valence-corrected chi connectivity index (χ1v) is 13.9. The van der Waals surface area contributed by atoms with Gasteiger partial charge in [0.1, 0.15) is 17.9 Å². The van der Waals surface area contributed by atoms with Crippen LogP contribution < -0.4 is 21.7 Å². The number of halogens is 2. The summed E-state index contributed by atoms with van der Waals surface area (Å²) in [4.78, 5) is 45.5. The molecule has 2 heterocycles. The van der Waals surface area contributed by atoms with E-state index in [2.05, 4.69) is 15.4 Å². The van der Waals surface area contributed by atoms with Gasteiger partial charge in [0.05, 0.1) is 28.8 Å². The zero-order chi connectivity index (χ0) is 29.0. The van der Waals surface area contributed by atoms with Crippen LogP contribution in [0.1, 0.15) is 32.1 Å². The lowest BCUT2D eigenvalue weighted by molar-refractivity contribution is -0.150. The van der Waals surface area contributed by atoms with Gasteiger partial charge in [-0.2, -0.15) is 5.10 Å². The average molecular weight is 594 g/mol. The van der Waals surface area contributed by atoms with E-state index in [9.17, 15) is 19.5 Å². The van der Waals surface area contributed by atoms with E-state index in [1.165, 1.54) is 4.90 Å². The highest BCUT2D eigenvalue weighted by Crippen LogP contribution is 2.34. The van der Waals surface area contributed by atoms with Crippen molar-refractivity contribution in [2.45, 2.75) is 44.2 Å². The number of guanidine groups is 1. The number of aliphatic imine (C=N–C) groups is 1. The van der Waals surface area contributed by atoms with Crippen molar-refractivity contribution in [3.8, 4) is 11.3 Å². The zero-order valence-corrected chi connectivity index (χ0v) is 23.7. The average Bonchev–Trinajstić information content (AvgIpc) is 3.32. The maximum absolute atomic E-state index is 13.1. The maximum Gasteiger partial charge on any atom is 0.328 e. The number of aromatic nitrogens is 2. The molecule has 1 saturated heterocycles. The van der Waals surface area contributed by atoms with E-state index in [0.717, 1.165) is 32.1 Å². The molecule has 1 aliphatic heterocycles. The number of carbonyl (C=O) groups excluding carboxylic acids is 2. The fourth-order valence-corrected chi connectivity index (χ4v) is 5.84. The van der Waals surface area contributed by atoms with Crippen molar-refractivity contribution in [3.63, 3.8) is 0 Å². The first-order valence-electron chi connectivity index (χ1n) is 13.2. The Hall–Kier alpha value is -3.51. The van der Waals surface area contributed by atoms with Gasteiger partial charge in [-0.1, -0.05) is 54.6 Å². The Morgan fingerprint density at radius 3 is 2.58 bits per heavy atom. The third kappa shape index (κ3) is 6.61. The molecule has 6 N–H and O–H groups in total. The molecule has 2 fully saturated rings.